The fraction of sp³-hybridized carbons (Fsp3) is 0.611. The van der Waals surface area contributed by atoms with Gasteiger partial charge in [0.1, 0.15) is 0 Å². The van der Waals surface area contributed by atoms with Crippen LogP contribution in [-0.4, -0.2) is 48.4 Å². The molecule has 0 spiro atoms. The Morgan fingerprint density at radius 1 is 1.27 bits per heavy atom. The van der Waals surface area contributed by atoms with Gasteiger partial charge in [0.25, 0.3) is 0 Å². The Morgan fingerprint density at radius 2 is 2.00 bits per heavy atom. The summed E-state index contributed by atoms with van der Waals surface area (Å²) in [6, 6.07) is 8.39. The summed E-state index contributed by atoms with van der Waals surface area (Å²) in [5, 5.41) is 0. The number of nitrogens with zero attached hydrogens (tertiary/aromatic N) is 2. The van der Waals surface area contributed by atoms with Gasteiger partial charge in [0.05, 0.1) is 0 Å². The van der Waals surface area contributed by atoms with Crippen LogP contribution in [0.3, 0.4) is 0 Å². The van der Waals surface area contributed by atoms with Gasteiger partial charge in [-0.05, 0) is 36.0 Å². The average molecular weight is 365 g/mol. The first-order valence-corrected chi connectivity index (χ1v) is 9.10. The monoisotopic (exact) mass is 364 g/mol. The second kappa shape index (κ2) is 6.71. The first-order chi connectivity index (χ1) is 10.5. The van der Waals surface area contributed by atoms with E-state index < -0.39 is 0 Å². The van der Waals surface area contributed by atoms with Gasteiger partial charge in [-0.1, -0.05) is 41.9 Å². The molecule has 1 saturated heterocycles. The first-order valence-electron chi connectivity index (χ1n) is 8.31. The Balaban J connectivity index is 1.52. The number of piperazine rings is 1. The van der Waals surface area contributed by atoms with Crippen LogP contribution < -0.4 is 0 Å². The lowest BCUT2D eigenvalue weighted by Crippen LogP contribution is -2.50. The molecule has 0 radical (unpaired) electrons. The number of amides is 1. The second-order valence-corrected chi connectivity index (χ2v) is 7.94. The molecule has 3 rings (SSSR count). The molecule has 1 aliphatic heterocycles. The van der Waals surface area contributed by atoms with E-state index >= 15 is 0 Å². The van der Waals surface area contributed by atoms with Gasteiger partial charge >= 0.3 is 0 Å². The number of halogens is 1. The molecule has 22 heavy (non-hydrogen) atoms. The number of hydrogen-bond acceptors (Lipinski definition) is 2. The Hall–Kier alpha value is -0.870. The molecule has 2 aliphatic rings. The summed E-state index contributed by atoms with van der Waals surface area (Å²) in [6.45, 7) is 9.50. The smallest absolute Gasteiger partial charge is 0.226 e. The van der Waals surface area contributed by atoms with Crippen LogP contribution in [0.4, 0.5) is 0 Å². The first kappa shape index (κ1) is 16.0. The minimum atomic E-state index is 0.214. The van der Waals surface area contributed by atoms with Crippen molar-refractivity contribution in [2.24, 2.45) is 11.8 Å². The van der Waals surface area contributed by atoms with E-state index in [9.17, 15) is 4.79 Å². The van der Waals surface area contributed by atoms with Crippen molar-refractivity contribution in [1.29, 1.82) is 0 Å². The molecule has 120 valence electrons. The van der Waals surface area contributed by atoms with Crippen LogP contribution >= 0.6 is 15.9 Å². The van der Waals surface area contributed by atoms with Gasteiger partial charge in [-0.15, -0.1) is 0 Å². The topological polar surface area (TPSA) is 23.6 Å². The van der Waals surface area contributed by atoms with Gasteiger partial charge in [-0.2, -0.15) is 0 Å². The van der Waals surface area contributed by atoms with Crippen LogP contribution in [0.25, 0.3) is 0 Å². The van der Waals surface area contributed by atoms with E-state index in [4.69, 9.17) is 0 Å². The van der Waals surface area contributed by atoms with Crippen molar-refractivity contribution in [2.45, 2.75) is 26.2 Å². The summed E-state index contributed by atoms with van der Waals surface area (Å²) >= 11 is 3.52. The summed E-state index contributed by atoms with van der Waals surface area (Å²) in [6.07, 6.45) is 1.02. The molecule has 4 heteroatoms. The zero-order valence-corrected chi connectivity index (χ0v) is 15.1. The molecule has 1 aliphatic carbocycles. The third kappa shape index (κ3) is 3.72. The molecule has 0 bridgehead atoms. The zero-order chi connectivity index (χ0) is 15.7. The SMILES string of the molecule is CC(C)CN1CCN(C(=O)C2CC2c2cccc(Br)c2)CC1. The lowest BCUT2D eigenvalue weighted by Gasteiger charge is -2.35. The standard InChI is InChI=1S/C18H25BrN2O/c1-13(2)12-20-6-8-21(9-7-20)18(22)17-11-16(17)14-4-3-5-15(19)10-14/h3-5,10,13,16-17H,6-9,11-12H2,1-2H3. The molecule has 1 amide bonds. The molecule has 1 saturated carbocycles. The molecule has 1 heterocycles. The maximum Gasteiger partial charge on any atom is 0.226 e. The van der Waals surface area contributed by atoms with E-state index in [1.807, 2.05) is 6.07 Å². The molecule has 0 aromatic heterocycles. The van der Waals surface area contributed by atoms with E-state index in [1.54, 1.807) is 0 Å². The Labute approximate surface area is 141 Å². The molecule has 2 unspecified atom stereocenters. The predicted octanol–water partition coefficient (Wildman–Crippen LogP) is 3.35. The van der Waals surface area contributed by atoms with Gasteiger partial charge in [-0.3, -0.25) is 9.69 Å². The average Bonchev–Trinajstić information content (AvgIpc) is 3.27. The van der Waals surface area contributed by atoms with Crippen LogP contribution in [0.2, 0.25) is 0 Å². The fourth-order valence-electron chi connectivity index (χ4n) is 3.48. The number of carbonyl (C=O) groups excluding carboxylic acids is 1. The highest BCUT2D eigenvalue weighted by molar-refractivity contribution is 9.10. The minimum absolute atomic E-state index is 0.214. The molecular formula is C18H25BrN2O. The van der Waals surface area contributed by atoms with E-state index in [0.29, 0.717) is 17.7 Å². The third-order valence-electron chi connectivity index (χ3n) is 4.69. The fourth-order valence-corrected chi connectivity index (χ4v) is 3.89. The minimum Gasteiger partial charge on any atom is -0.340 e. The molecule has 2 fully saturated rings. The van der Waals surface area contributed by atoms with Crippen LogP contribution in [-0.2, 0) is 4.79 Å². The highest BCUT2D eigenvalue weighted by atomic mass is 79.9. The van der Waals surface area contributed by atoms with Gasteiger partial charge in [0, 0.05) is 43.1 Å². The molecule has 1 aromatic carbocycles. The Morgan fingerprint density at radius 3 is 2.64 bits per heavy atom. The highest BCUT2D eigenvalue weighted by Crippen LogP contribution is 2.48. The summed E-state index contributed by atoms with van der Waals surface area (Å²) in [7, 11) is 0. The van der Waals surface area contributed by atoms with Gasteiger partial charge in [0.15, 0.2) is 0 Å². The van der Waals surface area contributed by atoms with Crippen molar-refractivity contribution < 1.29 is 4.79 Å². The lowest BCUT2D eigenvalue weighted by atomic mass is 10.1. The van der Waals surface area contributed by atoms with Crippen molar-refractivity contribution in [3.05, 3.63) is 34.3 Å². The largest absolute Gasteiger partial charge is 0.340 e. The van der Waals surface area contributed by atoms with Gasteiger partial charge in [-0.25, -0.2) is 0 Å². The molecule has 0 N–H and O–H groups in total. The Bertz CT molecular complexity index is 538. The van der Waals surface area contributed by atoms with Crippen LogP contribution in [0.1, 0.15) is 31.7 Å². The number of hydrogen-bond donors (Lipinski definition) is 0. The molecular weight excluding hydrogens is 340 g/mol. The van der Waals surface area contributed by atoms with Crippen molar-refractivity contribution in [2.75, 3.05) is 32.7 Å². The Kier molecular flexibility index (Phi) is 4.88. The summed E-state index contributed by atoms with van der Waals surface area (Å²) < 4.78 is 1.10. The van der Waals surface area contributed by atoms with Crippen molar-refractivity contribution in [3.63, 3.8) is 0 Å². The summed E-state index contributed by atoms with van der Waals surface area (Å²) in [4.78, 5) is 17.2. The zero-order valence-electron chi connectivity index (χ0n) is 13.5. The number of carbonyl (C=O) groups is 1. The van der Waals surface area contributed by atoms with Crippen molar-refractivity contribution in [3.8, 4) is 0 Å². The van der Waals surface area contributed by atoms with E-state index in [1.165, 1.54) is 5.56 Å². The maximum atomic E-state index is 12.7. The van der Waals surface area contributed by atoms with Gasteiger partial charge in [0.2, 0.25) is 5.91 Å². The van der Waals surface area contributed by atoms with Crippen LogP contribution in [0.15, 0.2) is 28.7 Å². The van der Waals surface area contributed by atoms with Crippen LogP contribution in [0.5, 0.6) is 0 Å². The molecule has 1 aromatic rings. The van der Waals surface area contributed by atoms with E-state index in [-0.39, 0.29) is 5.92 Å². The molecule has 3 nitrogen and oxygen atoms in total. The third-order valence-corrected chi connectivity index (χ3v) is 5.19. The number of benzene rings is 1. The number of rotatable bonds is 4. The van der Waals surface area contributed by atoms with Crippen molar-refractivity contribution >= 4 is 21.8 Å². The predicted molar refractivity (Wildman–Crippen MR) is 92.8 cm³/mol. The molecule has 2 atom stereocenters. The normalized spacial score (nSPS) is 25.5. The lowest BCUT2D eigenvalue weighted by molar-refractivity contribution is -0.134. The van der Waals surface area contributed by atoms with Crippen LogP contribution in [0, 0.1) is 11.8 Å². The van der Waals surface area contributed by atoms with Gasteiger partial charge < -0.3 is 4.90 Å². The summed E-state index contributed by atoms with van der Waals surface area (Å²) in [5.41, 5.74) is 1.30. The second-order valence-electron chi connectivity index (χ2n) is 7.02. The quantitative estimate of drug-likeness (QED) is 0.817. The summed E-state index contributed by atoms with van der Waals surface area (Å²) in [5.74, 6) is 1.71. The highest BCUT2D eigenvalue weighted by Gasteiger charge is 2.46. The van der Waals surface area contributed by atoms with E-state index in [2.05, 4.69) is 57.8 Å². The van der Waals surface area contributed by atoms with Crippen molar-refractivity contribution in [1.82, 2.24) is 9.80 Å². The van der Waals surface area contributed by atoms with E-state index in [0.717, 1.165) is 43.6 Å². The maximum absolute atomic E-state index is 12.7.